The van der Waals surface area contributed by atoms with E-state index in [4.69, 9.17) is 0 Å². The van der Waals surface area contributed by atoms with Gasteiger partial charge < -0.3 is 10.2 Å². The molecule has 1 N–H and O–H groups in total. The van der Waals surface area contributed by atoms with Crippen molar-refractivity contribution in [1.29, 1.82) is 0 Å². The Morgan fingerprint density at radius 2 is 2.00 bits per heavy atom. The minimum atomic E-state index is 0.195. The minimum absolute atomic E-state index is 0.195. The van der Waals surface area contributed by atoms with E-state index in [-0.39, 0.29) is 5.91 Å². The van der Waals surface area contributed by atoms with Gasteiger partial charge >= 0.3 is 0 Å². The summed E-state index contributed by atoms with van der Waals surface area (Å²) in [6.45, 7) is 5.13. The molecule has 1 amide bonds. The fourth-order valence-electron chi connectivity index (χ4n) is 1.35. The number of hydrogen-bond acceptors (Lipinski definition) is 2. The Hall–Kier alpha value is -0.570. The quantitative estimate of drug-likeness (QED) is 0.677. The smallest absolute Gasteiger partial charge is 0.220 e. The van der Waals surface area contributed by atoms with Gasteiger partial charge in [-0.05, 0) is 26.9 Å². The van der Waals surface area contributed by atoms with Gasteiger partial charge in [0.2, 0.25) is 5.91 Å². The van der Waals surface area contributed by atoms with E-state index in [0.717, 1.165) is 25.8 Å². The van der Waals surface area contributed by atoms with Crippen molar-refractivity contribution in [2.75, 3.05) is 20.6 Å². The predicted octanol–water partition coefficient (Wildman–Crippen LogP) is 1.63. The van der Waals surface area contributed by atoms with Crippen LogP contribution in [0.3, 0.4) is 0 Å². The van der Waals surface area contributed by atoms with Crippen LogP contribution in [0.25, 0.3) is 0 Å². The summed E-state index contributed by atoms with van der Waals surface area (Å²) in [6, 6.07) is 0.300. The topological polar surface area (TPSA) is 32.3 Å². The van der Waals surface area contributed by atoms with Crippen LogP contribution < -0.4 is 5.32 Å². The molecule has 0 aliphatic heterocycles. The van der Waals surface area contributed by atoms with Gasteiger partial charge in [0.15, 0.2) is 0 Å². The van der Waals surface area contributed by atoms with E-state index in [1.807, 2.05) is 14.1 Å². The summed E-state index contributed by atoms with van der Waals surface area (Å²) in [5.41, 5.74) is 0. The Kier molecular flexibility index (Phi) is 7.48. The molecule has 14 heavy (non-hydrogen) atoms. The lowest BCUT2D eigenvalue weighted by molar-refractivity contribution is -0.122. The van der Waals surface area contributed by atoms with E-state index >= 15 is 0 Å². The normalized spacial score (nSPS) is 12.9. The summed E-state index contributed by atoms with van der Waals surface area (Å²) in [7, 11) is 4.06. The Labute approximate surface area is 87.9 Å². The van der Waals surface area contributed by atoms with E-state index in [1.54, 1.807) is 0 Å². The molecule has 0 rings (SSSR count). The highest BCUT2D eigenvalue weighted by Gasteiger charge is 2.10. The molecule has 0 aliphatic carbocycles. The standard InChI is InChI=1S/C11H24N2O/c1-5-7-8-11(14)12-10(6-2)9-13(3)4/h10H,5-9H2,1-4H3,(H,12,14). The summed E-state index contributed by atoms with van der Waals surface area (Å²) >= 11 is 0. The molecule has 1 unspecified atom stereocenters. The van der Waals surface area contributed by atoms with Crippen molar-refractivity contribution in [3.05, 3.63) is 0 Å². The Bertz CT molecular complexity index is 157. The lowest BCUT2D eigenvalue weighted by atomic mass is 10.2. The largest absolute Gasteiger partial charge is 0.352 e. The van der Waals surface area contributed by atoms with Gasteiger partial charge in [-0.1, -0.05) is 20.3 Å². The number of rotatable bonds is 7. The number of carbonyl (C=O) groups is 1. The highest BCUT2D eigenvalue weighted by atomic mass is 16.1. The van der Waals surface area contributed by atoms with Crippen molar-refractivity contribution in [1.82, 2.24) is 10.2 Å². The second kappa shape index (κ2) is 7.80. The Morgan fingerprint density at radius 1 is 1.36 bits per heavy atom. The summed E-state index contributed by atoms with van der Waals surface area (Å²) in [5.74, 6) is 0.195. The highest BCUT2D eigenvalue weighted by molar-refractivity contribution is 5.76. The average molecular weight is 200 g/mol. The van der Waals surface area contributed by atoms with Gasteiger partial charge in [0.05, 0.1) is 0 Å². The number of likely N-dealkylation sites (N-methyl/N-ethyl adjacent to an activating group) is 1. The third-order valence-corrected chi connectivity index (χ3v) is 2.20. The second-order valence-electron chi connectivity index (χ2n) is 4.04. The zero-order chi connectivity index (χ0) is 11.0. The first-order chi connectivity index (χ1) is 6.60. The van der Waals surface area contributed by atoms with Crippen molar-refractivity contribution in [2.45, 2.75) is 45.6 Å². The van der Waals surface area contributed by atoms with Crippen molar-refractivity contribution >= 4 is 5.91 Å². The molecule has 84 valence electrons. The molecule has 0 radical (unpaired) electrons. The molecule has 0 aromatic carbocycles. The molecule has 1 atom stereocenters. The van der Waals surface area contributed by atoms with Gasteiger partial charge in [-0.3, -0.25) is 4.79 Å². The fourth-order valence-corrected chi connectivity index (χ4v) is 1.35. The molecule has 3 heteroatoms. The first-order valence-electron chi connectivity index (χ1n) is 5.54. The maximum absolute atomic E-state index is 11.4. The lowest BCUT2D eigenvalue weighted by Crippen LogP contribution is -2.41. The van der Waals surface area contributed by atoms with Crippen LogP contribution in [0.2, 0.25) is 0 Å². The maximum Gasteiger partial charge on any atom is 0.220 e. The molecule has 0 aliphatic rings. The van der Waals surface area contributed by atoms with Gasteiger partial charge in [-0.2, -0.15) is 0 Å². The summed E-state index contributed by atoms with van der Waals surface area (Å²) in [4.78, 5) is 13.5. The molecule has 3 nitrogen and oxygen atoms in total. The van der Waals surface area contributed by atoms with Crippen LogP contribution in [-0.4, -0.2) is 37.5 Å². The predicted molar refractivity (Wildman–Crippen MR) is 60.3 cm³/mol. The zero-order valence-electron chi connectivity index (χ0n) is 9.97. The molecule has 0 fully saturated rings. The summed E-state index contributed by atoms with van der Waals surface area (Å²) in [6.07, 6.45) is 3.73. The number of nitrogens with one attached hydrogen (secondary N) is 1. The van der Waals surface area contributed by atoms with E-state index in [0.29, 0.717) is 12.5 Å². The molecular weight excluding hydrogens is 176 g/mol. The number of unbranched alkanes of at least 4 members (excludes halogenated alkanes) is 1. The van der Waals surface area contributed by atoms with Crippen molar-refractivity contribution in [3.8, 4) is 0 Å². The first kappa shape index (κ1) is 13.4. The fraction of sp³-hybridized carbons (Fsp3) is 0.909. The number of hydrogen-bond donors (Lipinski definition) is 1. The maximum atomic E-state index is 11.4. The molecule has 0 saturated carbocycles. The van der Waals surface area contributed by atoms with Crippen molar-refractivity contribution < 1.29 is 4.79 Å². The second-order valence-corrected chi connectivity index (χ2v) is 4.04. The Balaban J connectivity index is 3.74. The third-order valence-electron chi connectivity index (χ3n) is 2.20. The molecule has 0 aromatic rings. The molecule has 0 aromatic heterocycles. The summed E-state index contributed by atoms with van der Waals surface area (Å²) < 4.78 is 0. The van der Waals surface area contributed by atoms with Gasteiger partial charge in [-0.15, -0.1) is 0 Å². The molecule has 0 heterocycles. The zero-order valence-corrected chi connectivity index (χ0v) is 9.97. The minimum Gasteiger partial charge on any atom is -0.352 e. The molecule has 0 saturated heterocycles. The monoisotopic (exact) mass is 200 g/mol. The van der Waals surface area contributed by atoms with Crippen LogP contribution in [-0.2, 0) is 4.79 Å². The van der Waals surface area contributed by atoms with E-state index in [9.17, 15) is 4.79 Å². The van der Waals surface area contributed by atoms with Gasteiger partial charge in [-0.25, -0.2) is 0 Å². The van der Waals surface area contributed by atoms with Gasteiger partial charge in [0, 0.05) is 19.0 Å². The van der Waals surface area contributed by atoms with Gasteiger partial charge in [0.25, 0.3) is 0 Å². The highest BCUT2D eigenvalue weighted by Crippen LogP contribution is 1.97. The van der Waals surface area contributed by atoms with E-state index in [2.05, 4.69) is 24.1 Å². The van der Waals surface area contributed by atoms with Crippen LogP contribution in [0.1, 0.15) is 39.5 Å². The first-order valence-corrected chi connectivity index (χ1v) is 5.54. The van der Waals surface area contributed by atoms with Crippen LogP contribution in [0.4, 0.5) is 0 Å². The van der Waals surface area contributed by atoms with Crippen LogP contribution in [0.5, 0.6) is 0 Å². The van der Waals surface area contributed by atoms with Gasteiger partial charge in [0.1, 0.15) is 0 Å². The van der Waals surface area contributed by atoms with Crippen LogP contribution in [0, 0.1) is 0 Å². The lowest BCUT2D eigenvalue weighted by Gasteiger charge is -2.20. The molecular formula is C11H24N2O. The number of nitrogens with zero attached hydrogens (tertiary/aromatic N) is 1. The van der Waals surface area contributed by atoms with E-state index < -0.39 is 0 Å². The molecule has 0 bridgehead atoms. The van der Waals surface area contributed by atoms with Crippen LogP contribution in [0.15, 0.2) is 0 Å². The molecule has 0 spiro atoms. The number of amides is 1. The van der Waals surface area contributed by atoms with E-state index in [1.165, 1.54) is 0 Å². The SMILES string of the molecule is CCCCC(=O)NC(CC)CN(C)C. The average Bonchev–Trinajstić information content (AvgIpc) is 2.12. The third kappa shape index (κ3) is 6.89. The van der Waals surface area contributed by atoms with Crippen molar-refractivity contribution in [2.24, 2.45) is 0 Å². The summed E-state index contributed by atoms with van der Waals surface area (Å²) in [5, 5.41) is 3.05. The van der Waals surface area contributed by atoms with Crippen molar-refractivity contribution in [3.63, 3.8) is 0 Å². The Morgan fingerprint density at radius 3 is 2.43 bits per heavy atom. The number of carbonyl (C=O) groups excluding carboxylic acids is 1. The van der Waals surface area contributed by atoms with Crippen LogP contribution >= 0.6 is 0 Å².